The predicted octanol–water partition coefficient (Wildman–Crippen LogP) is 5.54. The van der Waals surface area contributed by atoms with E-state index in [4.69, 9.17) is 5.73 Å². The quantitative estimate of drug-likeness (QED) is 0.260. The number of hydrogen-bond acceptors (Lipinski definition) is 2. The number of H-pyrrole nitrogens is 2. The molecule has 8 heteroatoms. The van der Waals surface area contributed by atoms with Crippen molar-refractivity contribution in [1.29, 1.82) is 0 Å². The van der Waals surface area contributed by atoms with Crippen molar-refractivity contribution < 1.29 is 19.1 Å². The molecule has 178 valence electrons. The highest BCUT2D eigenvalue weighted by Gasteiger charge is 2.28. The molecule has 7 nitrogen and oxygen atoms in total. The first-order valence-electron chi connectivity index (χ1n) is 11.3. The number of carbonyl (C=O) groups excluding carboxylic acids is 1. The number of aromatic nitrogens is 3. The number of nitrogens with zero attached hydrogens (tertiary/aromatic N) is 1. The fourth-order valence-corrected chi connectivity index (χ4v) is 5.03. The van der Waals surface area contributed by atoms with Crippen LogP contribution in [0.2, 0.25) is 0 Å². The summed E-state index contributed by atoms with van der Waals surface area (Å²) in [6.07, 6.45) is 3.51. The maximum absolute atomic E-state index is 14.6. The van der Waals surface area contributed by atoms with E-state index in [0.29, 0.717) is 22.3 Å². The van der Waals surface area contributed by atoms with Crippen LogP contribution in [0.5, 0.6) is 0 Å². The number of carbonyl (C=O) groups is 2. The molecule has 0 fully saturated rings. The van der Waals surface area contributed by atoms with Crippen LogP contribution in [0.25, 0.3) is 44.2 Å². The number of hydrogen-bond donors (Lipinski definition) is 4. The van der Waals surface area contributed by atoms with Crippen LogP contribution in [0.4, 0.5) is 4.39 Å². The van der Waals surface area contributed by atoms with Crippen molar-refractivity contribution in [3.63, 3.8) is 0 Å². The summed E-state index contributed by atoms with van der Waals surface area (Å²) in [5.41, 5.74) is 11.0. The third kappa shape index (κ3) is 3.67. The maximum atomic E-state index is 14.6. The molecule has 0 spiro atoms. The van der Waals surface area contributed by atoms with Crippen molar-refractivity contribution in [1.82, 2.24) is 14.5 Å². The molecular formula is C27H25FN4O3. The van der Waals surface area contributed by atoms with Crippen LogP contribution in [0, 0.1) is 12.7 Å². The van der Waals surface area contributed by atoms with Crippen molar-refractivity contribution in [3.05, 3.63) is 71.4 Å². The summed E-state index contributed by atoms with van der Waals surface area (Å²) in [7, 11) is 0. The number of rotatable bonds is 6. The van der Waals surface area contributed by atoms with Crippen LogP contribution in [0.3, 0.4) is 0 Å². The van der Waals surface area contributed by atoms with Crippen LogP contribution in [-0.4, -0.2) is 31.5 Å². The number of aromatic amines is 2. The van der Waals surface area contributed by atoms with Crippen molar-refractivity contribution in [2.24, 2.45) is 5.73 Å². The molecule has 35 heavy (non-hydrogen) atoms. The van der Waals surface area contributed by atoms with Gasteiger partial charge in [0, 0.05) is 45.3 Å². The molecule has 3 heterocycles. The third-order valence-electron chi connectivity index (χ3n) is 6.36. The van der Waals surface area contributed by atoms with Crippen LogP contribution in [0.1, 0.15) is 41.4 Å². The Bertz CT molecular complexity index is 1640. The molecule has 1 amide bonds. The smallest absolute Gasteiger partial charge is 0.352 e. The van der Waals surface area contributed by atoms with Gasteiger partial charge in [-0.1, -0.05) is 19.9 Å². The largest absolute Gasteiger partial charge is 0.477 e. The number of carboxylic acids is 1. The Balaban J connectivity index is 1.88. The first kappa shape index (κ1) is 22.5. The van der Waals surface area contributed by atoms with E-state index < -0.39 is 17.7 Å². The second-order valence-corrected chi connectivity index (χ2v) is 9.17. The number of primary amides is 1. The second-order valence-electron chi connectivity index (χ2n) is 9.17. The Hall–Kier alpha value is -4.33. The Kier molecular flexibility index (Phi) is 5.24. The molecule has 0 atom stereocenters. The number of aromatic carboxylic acids is 1. The Morgan fingerprint density at radius 1 is 1.11 bits per heavy atom. The van der Waals surface area contributed by atoms with E-state index in [1.54, 1.807) is 17.0 Å². The van der Waals surface area contributed by atoms with Crippen molar-refractivity contribution >= 4 is 33.7 Å². The van der Waals surface area contributed by atoms with E-state index in [1.807, 2.05) is 45.0 Å². The van der Waals surface area contributed by atoms with Gasteiger partial charge in [-0.25, -0.2) is 9.18 Å². The van der Waals surface area contributed by atoms with E-state index >= 15 is 0 Å². The molecule has 5 N–H and O–H groups in total. The first-order chi connectivity index (χ1) is 16.7. The number of halogens is 1. The van der Waals surface area contributed by atoms with Crippen LogP contribution >= 0.6 is 0 Å². The maximum Gasteiger partial charge on any atom is 0.352 e. The van der Waals surface area contributed by atoms with E-state index in [1.165, 1.54) is 12.1 Å². The average molecular weight is 473 g/mol. The minimum atomic E-state index is -1.11. The molecular weight excluding hydrogens is 447 g/mol. The minimum absolute atomic E-state index is 0.0162. The first-order valence-corrected chi connectivity index (χ1v) is 11.3. The molecule has 0 aliphatic carbocycles. The lowest BCUT2D eigenvalue weighted by Crippen LogP contribution is -2.17. The van der Waals surface area contributed by atoms with E-state index in [0.717, 1.165) is 33.0 Å². The van der Waals surface area contributed by atoms with Gasteiger partial charge in [-0.15, -0.1) is 0 Å². The lowest BCUT2D eigenvalue weighted by Gasteiger charge is -2.15. The van der Waals surface area contributed by atoms with E-state index in [2.05, 4.69) is 9.97 Å². The monoisotopic (exact) mass is 472 g/mol. The Morgan fingerprint density at radius 2 is 1.89 bits per heavy atom. The number of benzene rings is 2. The normalized spacial score (nSPS) is 11.7. The zero-order chi connectivity index (χ0) is 25.0. The SMILES string of the molecule is Cc1cc(-c2c(C(=O)O)[nH]c(-c3cc(F)cc4[nH]ccc34)c2C(C)C)c2ccn(CC(N)=O)c2c1. The van der Waals surface area contributed by atoms with Gasteiger partial charge >= 0.3 is 5.97 Å². The van der Waals surface area contributed by atoms with Gasteiger partial charge in [-0.05, 0) is 59.9 Å². The van der Waals surface area contributed by atoms with Crippen molar-refractivity contribution in [2.75, 3.05) is 0 Å². The zero-order valence-electron chi connectivity index (χ0n) is 19.6. The van der Waals surface area contributed by atoms with Gasteiger partial charge in [0.25, 0.3) is 0 Å². The molecule has 0 unspecified atom stereocenters. The number of nitrogens with two attached hydrogens (primary N) is 1. The van der Waals surface area contributed by atoms with Crippen LogP contribution in [0.15, 0.2) is 48.8 Å². The summed E-state index contributed by atoms with van der Waals surface area (Å²) in [5.74, 6) is -2.07. The van der Waals surface area contributed by atoms with E-state index in [9.17, 15) is 19.1 Å². The highest BCUT2D eigenvalue weighted by atomic mass is 19.1. The highest BCUT2D eigenvalue weighted by Crippen LogP contribution is 2.44. The third-order valence-corrected chi connectivity index (χ3v) is 6.36. The summed E-state index contributed by atoms with van der Waals surface area (Å²) >= 11 is 0. The van der Waals surface area contributed by atoms with Gasteiger partial charge in [-0.2, -0.15) is 0 Å². The molecule has 0 saturated heterocycles. The summed E-state index contributed by atoms with van der Waals surface area (Å²) < 4.78 is 16.3. The Labute approximate surface area is 200 Å². The van der Waals surface area contributed by atoms with Gasteiger partial charge in [0.1, 0.15) is 18.1 Å². The lowest BCUT2D eigenvalue weighted by atomic mass is 9.88. The molecule has 3 aromatic heterocycles. The van der Waals surface area contributed by atoms with Gasteiger partial charge in [0.2, 0.25) is 5.91 Å². The Morgan fingerprint density at radius 3 is 2.57 bits per heavy atom. The molecule has 2 aromatic carbocycles. The summed E-state index contributed by atoms with van der Waals surface area (Å²) in [5, 5.41) is 11.8. The topological polar surface area (TPSA) is 117 Å². The molecule has 0 radical (unpaired) electrons. The van der Waals surface area contributed by atoms with Crippen molar-refractivity contribution in [3.8, 4) is 22.4 Å². The molecule has 0 saturated carbocycles. The molecule has 0 bridgehead atoms. The number of carboxylic acid groups (broad SMARTS) is 1. The molecule has 0 aliphatic heterocycles. The lowest BCUT2D eigenvalue weighted by molar-refractivity contribution is -0.118. The number of nitrogens with one attached hydrogen (secondary N) is 2. The number of aryl methyl sites for hydroxylation is 1. The van der Waals surface area contributed by atoms with Crippen LogP contribution < -0.4 is 5.73 Å². The van der Waals surface area contributed by atoms with Gasteiger partial charge in [0.05, 0.1) is 5.69 Å². The summed E-state index contributed by atoms with van der Waals surface area (Å²) in [6.45, 7) is 5.91. The second kappa shape index (κ2) is 8.16. The molecule has 5 aromatic rings. The van der Waals surface area contributed by atoms with Crippen LogP contribution in [-0.2, 0) is 11.3 Å². The fourth-order valence-electron chi connectivity index (χ4n) is 5.03. The zero-order valence-corrected chi connectivity index (χ0v) is 19.6. The summed E-state index contributed by atoms with van der Waals surface area (Å²) in [4.78, 5) is 30.2. The molecule has 0 aliphatic rings. The average Bonchev–Trinajstić information content (AvgIpc) is 3.49. The summed E-state index contributed by atoms with van der Waals surface area (Å²) in [6, 6.07) is 10.5. The fraction of sp³-hybridized carbons (Fsp3) is 0.185. The van der Waals surface area contributed by atoms with Crippen molar-refractivity contribution in [2.45, 2.75) is 33.2 Å². The molecule has 5 rings (SSSR count). The minimum Gasteiger partial charge on any atom is -0.477 e. The standard InChI is InChI=1S/C27H25FN4O3/c1-13(2)23-24(18-8-14(3)9-21-17(18)5-7-32(21)12-22(29)33)26(27(34)35)31-25(23)19-10-15(28)11-20-16(19)4-6-30-20/h4-11,13,30-31H,12H2,1-3H3,(H2,29,33)(H,34,35). The number of fused-ring (bicyclic) bond motifs is 2. The predicted molar refractivity (Wildman–Crippen MR) is 134 cm³/mol. The van der Waals surface area contributed by atoms with Gasteiger partial charge < -0.3 is 25.4 Å². The number of amides is 1. The van der Waals surface area contributed by atoms with Gasteiger partial charge in [-0.3, -0.25) is 4.79 Å². The van der Waals surface area contributed by atoms with E-state index in [-0.39, 0.29) is 18.2 Å². The highest BCUT2D eigenvalue weighted by molar-refractivity contribution is 6.07. The van der Waals surface area contributed by atoms with Gasteiger partial charge in [0.15, 0.2) is 0 Å².